The molecule has 0 unspecified atom stereocenters. The monoisotopic (exact) mass is 366 g/mol. The Hall–Kier alpha value is -2.82. The van der Waals surface area contributed by atoms with Crippen LogP contribution in [0, 0.1) is 12.3 Å². The average Bonchev–Trinajstić information content (AvgIpc) is 2.67. The average molecular weight is 366 g/mol. The summed E-state index contributed by atoms with van der Waals surface area (Å²) in [6.45, 7) is 3.50. The van der Waals surface area contributed by atoms with Gasteiger partial charge in [0.1, 0.15) is 5.75 Å². The fourth-order valence-electron chi connectivity index (χ4n) is 3.70. The van der Waals surface area contributed by atoms with Crippen LogP contribution in [0.15, 0.2) is 54.6 Å². The molecule has 0 aromatic heterocycles. The Bertz CT molecular complexity index is 789. The molecular formula is C22H26N2O3. The molecule has 2 N–H and O–H groups in total. The molecule has 5 nitrogen and oxygen atoms in total. The lowest BCUT2D eigenvalue weighted by Crippen LogP contribution is -2.50. The van der Waals surface area contributed by atoms with E-state index in [0.717, 1.165) is 24.2 Å². The molecule has 0 saturated carbocycles. The molecule has 2 aromatic carbocycles. The van der Waals surface area contributed by atoms with Gasteiger partial charge in [-0.25, -0.2) is 0 Å². The first-order valence-corrected chi connectivity index (χ1v) is 9.30. The second-order valence-electron chi connectivity index (χ2n) is 7.44. The summed E-state index contributed by atoms with van der Waals surface area (Å²) in [6.07, 6.45) is 1.83. The zero-order valence-electron chi connectivity index (χ0n) is 15.7. The van der Waals surface area contributed by atoms with Gasteiger partial charge in [0.2, 0.25) is 5.91 Å². The molecule has 1 atom stereocenters. The van der Waals surface area contributed by atoms with Gasteiger partial charge in [-0.15, -0.1) is 0 Å². The maximum atomic E-state index is 12.9. The number of likely N-dealkylation sites (tertiary alicyclic amines) is 1. The van der Waals surface area contributed by atoms with Gasteiger partial charge in [-0.1, -0.05) is 35.9 Å². The minimum atomic E-state index is -0.458. The number of piperidine rings is 1. The van der Waals surface area contributed by atoms with E-state index < -0.39 is 5.41 Å². The number of para-hydroxylation sites is 1. The predicted molar refractivity (Wildman–Crippen MR) is 104 cm³/mol. The van der Waals surface area contributed by atoms with Gasteiger partial charge >= 0.3 is 0 Å². The second kappa shape index (κ2) is 8.25. The van der Waals surface area contributed by atoms with Crippen LogP contribution in [-0.4, -0.2) is 36.4 Å². The van der Waals surface area contributed by atoms with Crippen LogP contribution in [0.25, 0.3) is 0 Å². The van der Waals surface area contributed by atoms with Crippen LogP contribution in [0.1, 0.15) is 35.2 Å². The van der Waals surface area contributed by atoms with Gasteiger partial charge in [-0.05, 0) is 44.0 Å². The van der Waals surface area contributed by atoms with Crippen LogP contribution >= 0.6 is 0 Å². The maximum absolute atomic E-state index is 12.9. The Morgan fingerprint density at radius 1 is 1.11 bits per heavy atom. The minimum absolute atomic E-state index is 0.0109. The van der Waals surface area contributed by atoms with E-state index in [1.807, 2.05) is 66.4 Å². The van der Waals surface area contributed by atoms with E-state index in [9.17, 15) is 9.59 Å². The number of benzene rings is 2. The second-order valence-corrected chi connectivity index (χ2v) is 7.44. The number of nitrogens with two attached hydrogens (primary N) is 1. The summed E-state index contributed by atoms with van der Waals surface area (Å²) < 4.78 is 5.95. The molecule has 142 valence electrons. The molecular weight excluding hydrogens is 340 g/mol. The molecule has 5 heteroatoms. The fourth-order valence-corrected chi connectivity index (χ4v) is 3.70. The number of ether oxygens (including phenoxy) is 1. The van der Waals surface area contributed by atoms with E-state index in [1.54, 1.807) is 0 Å². The highest BCUT2D eigenvalue weighted by Crippen LogP contribution is 2.35. The highest BCUT2D eigenvalue weighted by atomic mass is 16.5. The highest BCUT2D eigenvalue weighted by molar-refractivity contribution is 5.94. The summed E-state index contributed by atoms with van der Waals surface area (Å²) in [6, 6.07) is 17.1. The molecule has 0 radical (unpaired) electrons. The first-order valence-electron chi connectivity index (χ1n) is 9.30. The van der Waals surface area contributed by atoms with Crippen molar-refractivity contribution in [2.24, 2.45) is 11.1 Å². The number of hydrogen-bond donors (Lipinski definition) is 1. The summed E-state index contributed by atoms with van der Waals surface area (Å²) in [5.74, 6) is 0.378. The molecule has 27 heavy (non-hydrogen) atoms. The quantitative estimate of drug-likeness (QED) is 0.853. The number of carbonyl (C=O) groups excluding carboxylic acids is 2. The van der Waals surface area contributed by atoms with Crippen LogP contribution in [0.3, 0.4) is 0 Å². The number of aryl methyl sites for hydroxylation is 1. The normalized spacial score (nSPS) is 19.5. The van der Waals surface area contributed by atoms with E-state index in [0.29, 0.717) is 25.3 Å². The molecule has 1 saturated heterocycles. The maximum Gasteiger partial charge on any atom is 0.253 e. The summed E-state index contributed by atoms with van der Waals surface area (Å²) in [4.78, 5) is 26.5. The summed E-state index contributed by atoms with van der Waals surface area (Å²) >= 11 is 0. The highest BCUT2D eigenvalue weighted by Gasteiger charge is 2.39. The van der Waals surface area contributed by atoms with E-state index in [4.69, 9.17) is 10.5 Å². The largest absolute Gasteiger partial charge is 0.493 e. The molecule has 0 spiro atoms. The molecule has 2 amide bonds. The Kier molecular flexibility index (Phi) is 5.79. The topological polar surface area (TPSA) is 72.6 Å². The van der Waals surface area contributed by atoms with Crippen molar-refractivity contribution >= 4 is 11.8 Å². The molecule has 1 fully saturated rings. The summed E-state index contributed by atoms with van der Waals surface area (Å²) in [7, 11) is 0. The number of nitrogens with zero attached hydrogens (tertiary/aromatic N) is 1. The minimum Gasteiger partial charge on any atom is -0.493 e. The molecule has 0 aliphatic carbocycles. The SMILES string of the molecule is Cc1ccc(C(=O)N2CCC[C@@](COc3ccccc3)(CC(N)=O)C2)cc1. The molecule has 0 bridgehead atoms. The zero-order chi connectivity index (χ0) is 19.3. The van der Waals surface area contributed by atoms with Gasteiger partial charge in [0.05, 0.1) is 6.61 Å². The van der Waals surface area contributed by atoms with Crippen LogP contribution in [-0.2, 0) is 4.79 Å². The Morgan fingerprint density at radius 3 is 2.48 bits per heavy atom. The van der Waals surface area contributed by atoms with Crippen LogP contribution in [0.2, 0.25) is 0 Å². The Morgan fingerprint density at radius 2 is 1.81 bits per heavy atom. The fraction of sp³-hybridized carbons (Fsp3) is 0.364. The third-order valence-corrected chi connectivity index (χ3v) is 5.08. The number of carbonyl (C=O) groups is 2. The lowest BCUT2D eigenvalue weighted by atomic mass is 9.77. The van der Waals surface area contributed by atoms with Gasteiger partial charge in [-0.3, -0.25) is 9.59 Å². The Balaban J connectivity index is 1.75. The zero-order valence-corrected chi connectivity index (χ0v) is 15.7. The van der Waals surface area contributed by atoms with E-state index >= 15 is 0 Å². The molecule has 3 rings (SSSR count). The first-order chi connectivity index (χ1) is 13.0. The third-order valence-electron chi connectivity index (χ3n) is 5.08. The third kappa shape index (κ3) is 4.88. The summed E-state index contributed by atoms with van der Waals surface area (Å²) in [5, 5.41) is 0. The van der Waals surface area contributed by atoms with Crippen molar-refractivity contribution in [3.63, 3.8) is 0 Å². The smallest absolute Gasteiger partial charge is 0.253 e. The van der Waals surface area contributed by atoms with Gasteiger partial charge in [0, 0.05) is 30.5 Å². The van der Waals surface area contributed by atoms with Crippen molar-refractivity contribution in [3.8, 4) is 5.75 Å². The standard InChI is InChI=1S/C22H26N2O3/c1-17-8-10-18(11-9-17)21(26)24-13-5-12-22(15-24,14-20(23)25)16-27-19-6-3-2-4-7-19/h2-4,6-11H,5,12-16H2,1H3,(H2,23,25)/t22-/m1/s1. The van der Waals surface area contributed by atoms with Crippen molar-refractivity contribution in [2.75, 3.05) is 19.7 Å². The van der Waals surface area contributed by atoms with Gasteiger partial charge in [-0.2, -0.15) is 0 Å². The van der Waals surface area contributed by atoms with Gasteiger partial charge < -0.3 is 15.4 Å². The molecule has 2 aromatic rings. The molecule has 1 aliphatic rings. The number of rotatable bonds is 6. The van der Waals surface area contributed by atoms with Crippen molar-refractivity contribution in [1.29, 1.82) is 0 Å². The van der Waals surface area contributed by atoms with E-state index in [1.165, 1.54) is 0 Å². The van der Waals surface area contributed by atoms with Crippen molar-refractivity contribution in [2.45, 2.75) is 26.2 Å². The van der Waals surface area contributed by atoms with Crippen LogP contribution < -0.4 is 10.5 Å². The lowest BCUT2D eigenvalue weighted by molar-refractivity contribution is -0.122. The lowest BCUT2D eigenvalue weighted by Gasteiger charge is -2.42. The van der Waals surface area contributed by atoms with Crippen LogP contribution in [0.4, 0.5) is 0 Å². The van der Waals surface area contributed by atoms with Gasteiger partial charge in [0.25, 0.3) is 5.91 Å². The van der Waals surface area contributed by atoms with Crippen molar-refractivity contribution in [1.82, 2.24) is 4.90 Å². The Labute approximate surface area is 160 Å². The van der Waals surface area contributed by atoms with E-state index in [2.05, 4.69) is 0 Å². The van der Waals surface area contributed by atoms with Crippen molar-refractivity contribution in [3.05, 3.63) is 65.7 Å². The predicted octanol–water partition coefficient (Wildman–Crippen LogP) is 3.17. The number of hydrogen-bond acceptors (Lipinski definition) is 3. The molecule has 1 heterocycles. The van der Waals surface area contributed by atoms with Crippen LogP contribution in [0.5, 0.6) is 5.75 Å². The first kappa shape index (κ1) is 19.0. The summed E-state index contributed by atoms with van der Waals surface area (Å²) in [5.41, 5.74) is 6.85. The number of primary amides is 1. The van der Waals surface area contributed by atoms with E-state index in [-0.39, 0.29) is 18.2 Å². The van der Waals surface area contributed by atoms with Crippen molar-refractivity contribution < 1.29 is 14.3 Å². The van der Waals surface area contributed by atoms with Gasteiger partial charge in [0.15, 0.2) is 0 Å². The molecule has 1 aliphatic heterocycles. The number of amides is 2.